The van der Waals surface area contributed by atoms with E-state index in [0.717, 1.165) is 17.0 Å². The maximum absolute atomic E-state index is 13.8. The second-order valence-electron chi connectivity index (χ2n) is 7.28. The lowest BCUT2D eigenvalue weighted by molar-refractivity contribution is 0.102. The van der Waals surface area contributed by atoms with Gasteiger partial charge in [0.2, 0.25) is 0 Å². The van der Waals surface area contributed by atoms with Crippen LogP contribution >= 0.6 is 11.6 Å². The molecule has 0 saturated heterocycles. The molecule has 2 aromatic heterocycles. The highest BCUT2D eigenvalue weighted by Crippen LogP contribution is 2.20. The lowest BCUT2D eigenvalue weighted by Crippen LogP contribution is -2.13. The van der Waals surface area contributed by atoms with Crippen LogP contribution in [0.3, 0.4) is 0 Å². The quantitative estimate of drug-likeness (QED) is 0.469. The summed E-state index contributed by atoms with van der Waals surface area (Å²) in [6.45, 7) is 4.65. The Morgan fingerprint density at radius 1 is 1.03 bits per heavy atom. The molecule has 4 rings (SSSR count). The highest BCUT2D eigenvalue weighted by atomic mass is 35.5. The molecular formula is C23H21ClFN5O. The first-order chi connectivity index (χ1) is 14.9. The van der Waals surface area contributed by atoms with Crippen LogP contribution in [0, 0.1) is 19.7 Å². The first-order valence-corrected chi connectivity index (χ1v) is 10.1. The normalized spacial score (nSPS) is 11.0. The second-order valence-corrected chi connectivity index (χ2v) is 7.66. The molecule has 0 radical (unpaired) electrons. The average Bonchev–Trinajstić information content (AvgIpc) is 3.29. The third-order valence-electron chi connectivity index (χ3n) is 5.01. The standard InChI is InChI=1S/C23H21ClFN5O/c1-15-22(24)16(2)30(27-15)13-17-7-9-18(10-8-17)23(31)26-21-11-12-29(28-21)14-19-5-3-4-6-20(19)25/h3-12H,13-14H2,1-2H3,(H,26,28,31). The summed E-state index contributed by atoms with van der Waals surface area (Å²) < 4.78 is 17.2. The predicted molar refractivity (Wildman–Crippen MR) is 118 cm³/mol. The van der Waals surface area contributed by atoms with Crippen LogP contribution < -0.4 is 5.32 Å². The largest absolute Gasteiger partial charge is 0.305 e. The summed E-state index contributed by atoms with van der Waals surface area (Å²) in [5.41, 5.74) is 3.76. The summed E-state index contributed by atoms with van der Waals surface area (Å²) in [5, 5.41) is 12.2. The summed E-state index contributed by atoms with van der Waals surface area (Å²) in [6, 6.07) is 15.5. The average molecular weight is 438 g/mol. The Bertz CT molecular complexity index is 1230. The van der Waals surface area contributed by atoms with E-state index in [4.69, 9.17) is 11.6 Å². The van der Waals surface area contributed by atoms with Crippen molar-refractivity contribution in [3.63, 3.8) is 0 Å². The fourth-order valence-electron chi connectivity index (χ4n) is 3.27. The smallest absolute Gasteiger partial charge is 0.256 e. The topological polar surface area (TPSA) is 64.7 Å². The van der Waals surface area contributed by atoms with Crippen molar-refractivity contribution in [1.82, 2.24) is 19.6 Å². The van der Waals surface area contributed by atoms with Gasteiger partial charge in [0.05, 0.1) is 29.5 Å². The number of carbonyl (C=O) groups excluding carboxylic acids is 1. The van der Waals surface area contributed by atoms with E-state index >= 15 is 0 Å². The molecule has 0 unspecified atom stereocenters. The van der Waals surface area contributed by atoms with Crippen molar-refractivity contribution < 1.29 is 9.18 Å². The number of carbonyl (C=O) groups is 1. The number of hydrogen-bond acceptors (Lipinski definition) is 3. The van der Waals surface area contributed by atoms with Gasteiger partial charge in [0.15, 0.2) is 5.82 Å². The summed E-state index contributed by atoms with van der Waals surface area (Å²) in [5.74, 6) is -0.147. The SMILES string of the molecule is Cc1nn(Cc2ccc(C(=O)Nc3ccn(Cc4ccccc4F)n3)cc2)c(C)c1Cl. The van der Waals surface area contributed by atoms with E-state index < -0.39 is 0 Å². The molecule has 1 amide bonds. The molecule has 31 heavy (non-hydrogen) atoms. The molecule has 8 heteroatoms. The molecule has 0 aliphatic carbocycles. The third-order valence-corrected chi connectivity index (χ3v) is 5.56. The minimum Gasteiger partial charge on any atom is -0.305 e. The highest BCUT2D eigenvalue weighted by molar-refractivity contribution is 6.31. The van der Waals surface area contributed by atoms with Crippen molar-refractivity contribution in [3.05, 3.63) is 99.7 Å². The molecule has 0 aliphatic heterocycles. The van der Waals surface area contributed by atoms with Crippen molar-refractivity contribution in [1.29, 1.82) is 0 Å². The Hall–Kier alpha value is -3.45. The number of aromatic nitrogens is 4. The van der Waals surface area contributed by atoms with Gasteiger partial charge in [-0.1, -0.05) is 41.9 Å². The van der Waals surface area contributed by atoms with Gasteiger partial charge in [0.25, 0.3) is 5.91 Å². The van der Waals surface area contributed by atoms with Crippen molar-refractivity contribution >= 4 is 23.3 Å². The van der Waals surface area contributed by atoms with Gasteiger partial charge in [0, 0.05) is 23.4 Å². The zero-order valence-corrected chi connectivity index (χ0v) is 17.9. The lowest BCUT2D eigenvalue weighted by Gasteiger charge is -2.07. The van der Waals surface area contributed by atoms with E-state index in [2.05, 4.69) is 15.5 Å². The van der Waals surface area contributed by atoms with Crippen molar-refractivity contribution in [2.24, 2.45) is 0 Å². The Labute approximate surface area is 184 Å². The number of hydrogen-bond donors (Lipinski definition) is 1. The first-order valence-electron chi connectivity index (χ1n) is 9.77. The Morgan fingerprint density at radius 3 is 2.45 bits per heavy atom. The van der Waals surface area contributed by atoms with Crippen LogP contribution in [0.1, 0.15) is 32.9 Å². The number of halogens is 2. The molecular weight excluding hydrogens is 417 g/mol. The van der Waals surface area contributed by atoms with Crippen LogP contribution in [0.15, 0.2) is 60.8 Å². The summed E-state index contributed by atoms with van der Waals surface area (Å²) >= 11 is 6.20. The molecule has 6 nitrogen and oxygen atoms in total. The number of benzene rings is 2. The van der Waals surface area contributed by atoms with Gasteiger partial charge in [0.1, 0.15) is 5.82 Å². The molecule has 2 heterocycles. The number of nitrogens with zero attached hydrogens (tertiary/aromatic N) is 4. The molecule has 0 fully saturated rings. The Balaban J connectivity index is 1.39. The Morgan fingerprint density at radius 2 is 1.77 bits per heavy atom. The molecule has 2 aromatic carbocycles. The van der Waals surface area contributed by atoms with Gasteiger partial charge in [-0.05, 0) is 37.6 Å². The van der Waals surface area contributed by atoms with Crippen molar-refractivity contribution in [2.45, 2.75) is 26.9 Å². The van der Waals surface area contributed by atoms with Crippen LogP contribution in [-0.2, 0) is 13.1 Å². The predicted octanol–water partition coefficient (Wildman–Crippen LogP) is 4.84. The minimum atomic E-state index is -0.286. The summed E-state index contributed by atoms with van der Waals surface area (Å²) in [6.07, 6.45) is 1.70. The maximum atomic E-state index is 13.8. The van der Waals surface area contributed by atoms with Crippen molar-refractivity contribution in [3.8, 4) is 0 Å². The van der Waals surface area contributed by atoms with E-state index in [-0.39, 0.29) is 18.3 Å². The van der Waals surface area contributed by atoms with Gasteiger partial charge in [-0.25, -0.2) is 4.39 Å². The lowest BCUT2D eigenvalue weighted by atomic mass is 10.1. The molecule has 0 saturated carbocycles. The number of nitrogens with one attached hydrogen (secondary N) is 1. The number of aryl methyl sites for hydroxylation is 1. The maximum Gasteiger partial charge on any atom is 0.256 e. The van der Waals surface area contributed by atoms with E-state index in [0.29, 0.717) is 28.5 Å². The van der Waals surface area contributed by atoms with Crippen LogP contribution in [-0.4, -0.2) is 25.5 Å². The number of anilines is 1. The van der Waals surface area contributed by atoms with Crippen LogP contribution in [0.25, 0.3) is 0 Å². The fraction of sp³-hybridized carbons (Fsp3) is 0.174. The number of amides is 1. The Kier molecular flexibility index (Phi) is 5.86. The first kappa shape index (κ1) is 20.8. The molecule has 158 valence electrons. The molecule has 0 atom stereocenters. The van der Waals surface area contributed by atoms with Crippen LogP contribution in [0.2, 0.25) is 5.02 Å². The second kappa shape index (κ2) is 8.73. The minimum absolute atomic E-state index is 0.267. The van der Waals surface area contributed by atoms with Gasteiger partial charge in [-0.15, -0.1) is 0 Å². The zero-order chi connectivity index (χ0) is 22.0. The highest BCUT2D eigenvalue weighted by Gasteiger charge is 2.11. The third kappa shape index (κ3) is 4.67. The van der Waals surface area contributed by atoms with Gasteiger partial charge in [-0.3, -0.25) is 14.2 Å². The van der Waals surface area contributed by atoms with E-state index in [9.17, 15) is 9.18 Å². The summed E-state index contributed by atoms with van der Waals surface area (Å²) in [7, 11) is 0. The van der Waals surface area contributed by atoms with E-state index in [1.165, 1.54) is 6.07 Å². The van der Waals surface area contributed by atoms with Gasteiger partial charge in [-0.2, -0.15) is 10.2 Å². The molecule has 0 bridgehead atoms. The monoisotopic (exact) mass is 437 g/mol. The van der Waals surface area contributed by atoms with Gasteiger partial charge >= 0.3 is 0 Å². The molecule has 1 N–H and O–H groups in total. The van der Waals surface area contributed by atoms with Gasteiger partial charge < -0.3 is 5.32 Å². The van der Waals surface area contributed by atoms with E-state index in [1.807, 2.05) is 30.7 Å². The summed E-state index contributed by atoms with van der Waals surface area (Å²) in [4.78, 5) is 12.6. The zero-order valence-electron chi connectivity index (χ0n) is 17.1. The van der Waals surface area contributed by atoms with E-state index in [1.54, 1.807) is 47.3 Å². The van der Waals surface area contributed by atoms with Crippen molar-refractivity contribution in [2.75, 3.05) is 5.32 Å². The number of rotatable bonds is 6. The molecule has 4 aromatic rings. The molecule has 0 spiro atoms. The molecule has 0 aliphatic rings. The van der Waals surface area contributed by atoms with Crippen LogP contribution in [0.4, 0.5) is 10.2 Å². The fourth-order valence-corrected chi connectivity index (χ4v) is 3.40. The van der Waals surface area contributed by atoms with Crippen LogP contribution in [0.5, 0.6) is 0 Å².